The fourth-order valence-corrected chi connectivity index (χ4v) is 2.34. The third-order valence-electron chi connectivity index (χ3n) is 1.97. The molecule has 1 unspecified atom stereocenters. The van der Waals surface area contributed by atoms with E-state index in [-0.39, 0.29) is 6.04 Å². The molecule has 1 fully saturated rings. The van der Waals surface area contributed by atoms with Crippen LogP contribution in [0.3, 0.4) is 0 Å². The lowest BCUT2D eigenvalue weighted by Crippen LogP contribution is -2.39. The van der Waals surface area contributed by atoms with Crippen LogP contribution in [0.15, 0.2) is 10.2 Å². The molecule has 1 saturated heterocycles. The quantitative estimate of drug-likeness (QED) is 0.592. The smallest absolute Gasteiger partial charge is 0.188 e. The molecule has 0 spiro atoms. The third-order valence-corrected chi connectivity index (χ3v) is 2.98. The molecule has 0 radical (unpaired) electrons. The van der Waals surface area contributed by atoms with Crippen LogP contribution in [-0.4, -0.2) is 39.4 Å². The fourth-order valence-electron chi connectivity index (χ4n) is 1.29. The molecular formula is C10H19N3OS. The zero-order valence-electron chi connectivity index (χ0n) is 9.71. The van der Waals surface area contributed by atoms with Gasteiger partial charge in [-0.25, -0.2) is 0 Å². The van der Waals surface area contributed by atoms with E-state index in [1.165, 1.54) is 0 Å². The van der Waals surface area contributed by atoms with Crippen LogP contribution in [0.1, 0.15) is 27.7 Å². The average molecular weight is 229 g/mol. The molecule has 0 aromatic carbocycles. The zero-order chi connectivity index (χ0) is 11.4. The van der Waals surface area contributed by atoms with Gasteiger partial charge in [-0.1, -0.05) is 25.6 Å². The average Bonchev–Trinajstić information content (AvgIpc) is 2.46. The van der Waals surface area contributed by atoms with Crippen molar-refractivity contribution in [3.05, 3.63) is 0 Å². The summed E-state index contributed by atoms with van der Waals surface area (Å²) in [7, 11) is 0. The van der Waals surface area contributed by atoms with E-state index in [2.05, 4.69) is 24.1 Å². The van der Waals surface area contributed by atoms with Gasteiger partial charge in [0.05, 0.1) is 0 Å². The molecule has 1 heterocycles. The highest BCUT2D eigenvalue weighted by atomic mass is 32.2. The summed E-state index contributed by atoms with van der Waals surface area (Å²) in [6.07, 6.45) is 1.37. The number of nitrogens with zero attached hydrogens (tertiary/aromatic N) is 3. The van der Waals surface area contributed by atoms with Crippen molar-refractivity contribution in [1.82, 2.24) is 4.90 Å². The first kappa shape index (κ1) is 12.5. The Labute approximate surface area is 95.5 Å². The molecule has 1 atom stereocenters. The Kier molecular flexibility index (Phi) is 4.60. The predicted molar refractivity (Wildman–Crippen MR) is 66.2 cm³/mol. The van der Waals surface area contributed by atoms with Crippen molar-refractivity contribution < 1.29 is 5.11 Å². The lowest BCUT2D eigenvalue weighted by molar-refractivity contribution is 0.0639. The molecule has 1 aliphatic rings. The van der Waals surface area contributed by atoms with Crippen molar-refractivity contribution in [2.24, 2.45) is 16.1 Å². The summed E-state index contributed by atoms with van der Waals surface area (Å²) in [5, 5.41) is 18.7. The van der Waals surface area contributed by atoms with Gasteiger partial charge in [-0.2, -0.15) is 5.10 Å². The van der Waals surface area contributed by atoms with Gasteiger partial charge < -0.3 is 10.0 Å². The number of thioether (sulfide) groups is 1. The molecule has 4 nitrogen and oxygen atoms in total. The van der Waals surface area contributed by atoms with Gasteiger partial charge >= 0.3 is 0 Å². The maximum atomic E-state index is 9.71. The molecule has 0 amide bonds. The first-order chi connectivity index (χ1) is 7.02. The minimum absolute atomic E-state index is 0.253. The monoisotopic (exact) mass is 229 g/mol. The first-order valence-electron chi connectivity index (χ1n) is 5.22. The number of amidine groups is 1. The Bertz CT molecular complexity index is 263. The second-order valence-electron chi connectivity index (χ2n) is 4.18. The van der Waals surface area contributed by atoms with Crippen LogP contribution in [0.4, 0.5) is 0 Å². The maximum Gasteiger partial charge on any atom is 0.188 e. The first-order valence-corrected chi connectivity index (χ1v) is 6.21. The van der Waals surface area contributed by atoms with Crippen LogP contribution in [0.25, 0.3) is 0 Å². The lowest BCUT2D eigenvalue weighted by atomic mass is 10.3. The molecule has 5 heteroatoms. The molecule has 0 saturated carbocycles. The molecule has 0 bridgehead atoms. The highest BCUT2D eigenvalue weighted by Crippen LogP contribution is 2.24. The molecule has 86 valence electrons. The van der Waals surface area contributed by atoms with Gasteiger partial charge in [-0.05, 0) is 19.8 Å². The van der Waals surface area contributed by atoms with Crippen molar-refractivity contribution in [2.75, 3.05) is 5.75 Å². The minimum Gasteiger partial charge on any atom is -0.373 e. The Morgan fingerprint density at radius 3 is 2.67 bits per heavy atom. The van der Waals surface area contributed by atoms with Crippen LogP contribution in [0.5, 0.6) is 0 Å². The number of rotatable bonds is 3. The van der Waals surface area contributed by atoms with E-state index >= 15 is 0 Å². The summed E-state index contributed by atoms with van der Waals surface area (Å²) >= 11 is 1.55. The van der Waals surface area contributed by atoms with Crippen molar-refractivity contribution in [3.63, 3.8) is 0 Å². The number of hydrogen-bond acceptors (Lipinski definition) is 4. The number of aliphatic hydroxyl groups excluding tert-OH is 1. The largest absolute Gasteiger partial charge is 0.373 e. The standard InChI is InChI=1S/C10H19N3OS/c1-7(2)5-11-12-10-13(8(3)4)9(14)6-15-10/h5,7-9,14H,6H2,1-4H3/b11-5+,12-10-. The molecule has 0 aromatic rings. The number of hydrogen-bond donors (Lipinski definition) is 1. The van der Waals surface area contributed by atoms with Gasteiger partial charge in [0, 0.05) is 18.0 Å². The summed E-state index contributed by atoms with van der Waals surface area (Å²) in [5.74, 6) is 1.08. The fraction of sp³-hybridized carbons (Fsp3) is 0.800. The Hall–Kier alpha value is -0.550. The van der Waals surface area contributed by atoms with E-state index in [0.29, 0.717) is 11.7 Å². The van der Waals surface area contributed by atoms with Crippen LogP contribution in [0, 0.1) is 5.92 Å². The van der Waals surface area contributed by atoms with E-state index in [1.807, 2.05) is 18.7 Å². The summed E-state index contributed by atoms with van der Waals surface area (Å²) in [6, 6.07) is 0.253. The summed E-state index contributed by atoms with van der Waals surface area (Å²) < 4.78 is 0. The van der Waals surface area contributed by atoms with Gasteiger partial charge in [0.1, 0.15) is 6.23 Å². The van der Waals surface area contributed by atoms with Crippen molar-refractivity contribution in [1.29, 1.82) is 0 Å². The second-order valence-corrected chi connectivity index (χ2v) is 5.17. The van der Waals surface area contributed by atoms with Gasteiger partial charge in [-0.15, -0.1) is 5.10 Å². The van der Waals surface area contributed by atoms with Crippen LogP contribution < -0.4 is 0 Å². The van der Waals surface area contributed by atoms with Crippen LogP contribution >= 0.6 is 11.8 Å². The Morgan fingerprint density at radius 1 is 1.47 bits per heavy atom. The predicted octanol–water partition coefficient (Wildman–Crippen LogP) is 1.76. The molecule has 1 rings (SSSR count). The summed E-state index contributed by atoms with van der Waals surface area (Å²) in [5.41, 5.74) is 0. The van der Waals surface area contributed by atoms with E-state index in [0.717, 1.165) is 5.17 Å². The van der Waals surface area contributed by atoms with Gasteiger partial charge in [0.15, 0.2) is 5.17 Å². The molecule has 0 aromatic heterocycles. The lowest BCUT2D eigenvalue weighted by Gasteiger charge is -2.25. The topological polar surface area (TPSA) is 48.2 Å². The summed E-state index contributed by atoms with van der Waals surface area (Å²) in [6.45, 7) is 8.19. The van der Waals surface area contributed by atoms with Gasteiger partial charge in [0.25, 0.3) is 0 Å². The maximum absolute atomic E-state index is 9.71. The molecule has 15 heavy (non-hydrogen) atoms. The minimum atomic E-state index is -0.428. The van der Waals surface area contributed by atoms with E-state index in [1.54, 1.807) is 18.0 Å². The molecule has 1 N–H and O–H groups in total. The Morgan fingerprint density at radius 2 is 2.13 bits per heavy atom. The zero-order valence-corrected chi connectivity index (χ0v) is 10.5. The Balaban J connectivity index is 2.68. The number of aliphatic hydroxyl groups is 1. The van der Waals surface area contributed by atoms with Gasteiger partial charge in [-0.3, -0.25) is 0 Å². The second kappa shape index (κ2) is 5.51. The van der Waals surface area contributed by atoms with Crippen molar-refractivity contribution >= 4 is 23.1 Å². The molecule has 1 aliphatic heterocycles. The van der Waals surface area contributed by atoms with Crippen LogP contribution in [-0.2, 0) is 0 Å². The third kappa shape index (κ3) is 3.50. The van der Waals surface area contributed by atoms with Gasteiger partial charge in [0.2, 0.25) is 0 Å². The highest BCUT2D eigenvalue weighted by Gasteiger charge is 2.30. The van der Waals surface area contributed by atoms with Crippen molar-refractivity contribution in [3.8, 4) is 0 Å². The molecule has 0 aliphatic carbocycles. The molecular weight excluding hydrogens is 210 g/mol. The van der Waals surface area contributed by atoms with E-state index < -0.39 is 6.23 Å². The van der Waals surface area contributed by atoms with Crippen LogP contribution in [0.2, 0.25) is 0 Å². The SMILES string of the molecule is CC(C)/C=N/N=C1\SCC(O)N1C(C)C. The normalized spacial score (nSPS) is 25.4. The van der Waals surface area contributed by atoms with E-state index in [4.69, 9.17) is 0 Å². The van der Waals surface area contributed by atoms with Crippen molar-refractivity contribution in [2.45, 2.75) is 40.0 Å². The summed E-state index contributed by atoms with van der Waals surface area (Å²) in [4.78, 5) is 1.89. The highest BCUT2D eigenvalue weighted by molar-refractivity contribution is 8.14. The van der Waals surface area contributed by atoms with E-state index in [9.17, 15) is 5.11 Å².